The highest BCUT2D eigenvalue weighted by Gasteiger charge is 2.47. The first-order valence-corrected chi connectivity index (χ1v) is 27.4. The van der Waals surface area contributed by atoms with Gasteiger partial charge >= 0.3 is 11.9 Å². The maximum absolute atomic E-state index is 13.0. The fourth-order valence-corrected chi connectivity index (χ4v) is 8.22. The summed E-state index contributed by atoms with van der Waals surface area (Å²) in [5, 5.41) is 72.1. The van der Waals surface area contributed by atoms with Crippen molar-refractivity contribution in [3.05, 3.63) is 60.8 Å². The summed E-state index contributed by atoms with van der Waals surface area (Å²) in [5.74, 6) is -1.01. The SMILES string of the molecule is CCCCC/C=C/C/C=C/C/C=C/CCCCCCCCCCCC(=O)OCC(CO[C@@H]1O[C@H](CO[C@@H]2O[C@H](CO)[C@H](O)C(O)C2O)[C@H](O)C(O)C1O)OC(=O)CC/C=C/C/C=C/CCCCCCCC. The quantitative estimate of drug-likeness (QED) is 0.0173. The molecule has 0 saturated carbocycles. The lowest BCUT2D eigenvalue weighted by atomic mass is 9.98. The molecule has 7 N–H and O–H groups in total. The molecule has 2 rings (SSSR count). The van der Waals surface area contributed by atoms with Crippen LogP contribution in [0.4, 0.5) is 0 Å². The molecule has 0 bridgehead atoms. The van der Waals surface area contributed by atoms with E-state index in [1.165, 1.54) is 96.3 Å². The van der Waals surface area contributed by atoms with Gasteiger partial charge in [-0.15, -0.1) is 0 Å². The van der Waals surface area contributed by atoms with E-state index in [9.17, 15) is 45.3 Å². The maximum atomic E-state index is 13.0. The second-order valence-electron chi connectivity index (χ2n) is 19.0. The number of aliphatic hydroxyl groups excluding tert-OH is 7. The Bertz CT molecular complexity index is 1470. The second-order valence-corrected chi connectivity index (χ2v) is 19.0. The van der Waals surface area contributed by atoms with Crippen molar-refractivity contribution in [1.82, 2.24) is 0 Å². The Hall–Kier alpha value is -2.80. The van der Waals surface area contributed by atoms with Crippen molar-refractivity contribution in [2.45, 2.75) is 255 Å². The first-order chi connectivity index (χ1) is 34.5. The first-order valence-electron chi connectivity index (χ1n) is 27.4. The van der Waals surface area contributed by atoms with E-state index in [1.54, 1.807) is 0 Å². The minimum Gasteiger partial charge on any atom is -0.462 e. The molecule has 0 aliphatic carbocycles. The molecule has 2 heterocycles. The smallest absolute Gasteiger partial charge is 0.306 e. The molecule has 410 valence electrons. The summed E-state index contributed by atoms with van der Waals surface area (Å²) in [6, 6.07) is 0. The van der Waals surface area contributed by atoms with Gasteiger partial charge in [-0.1, -0.05) is 164 Å². The molecule has 0 aromatic rings. The minimum absolute atomic E-state index is 0.0561. The summed E-state index contributed by atoms with van der Waals surface area (Å²) in [6.07, 6.45) is 32.6. The van der Waals surface area contributed by atoms with Crippen LogP contribution in [-0.4, -0.2) is 142 Å². The normalized spacial score (nSPS) is 25.6. The van der Waals surface area contributed by atoms with Crippen LogP contribution in [0.25, 0.3) is 0 Å². The van der Waals surface area contributed by atoms with E-state index in [2.05, 4.69) is 62.5 Å². The lowest BCUT2D eigenvalue weighted by molar-refractivity contribution is -0.332. The zero-order chi connectivity index (χ0) is 51.7. The van der Waals surface area contributed by atoms with Crippen molar-refractivity contribution in [3.8, 4) is 0 Å². The largest absolute Gasteiger partial charge is 0.462 e. The van der Waals surface area contributed by atoms with Gasteiger partial charge in [-0.25, -0.2) is 0 Å². The van der Waals surface area contributed by atoms with Gasteiger partial charge in [-0.05, 0) is 70.6 Å². The van der Waals surface area contributed by atoms with E-state index in [0.717, 1.165) is 51.4 Å². The highest BCUT2D eigenvalue weighted by atomic mass is 16.7. The van der Waals surface area contributed by atoms with E-state index in [0.29, 0.717) is 12.8 Å². The van der Waals surface area contributed by atoms with Gasteiger partial charge in [0.15, 0.2) is 18.7 Å². The second kappa shape index (κ2) is 42.5. The molecule has 15 heteroatoms. The topological polar surface area (TPSA) is 231 Å². The molecule has 71 heavy (non-hydrogen) atoms. The highest BCUT2D eigenvalue weighted by Crippen LogP contribution is 2.26. The van der Waals surface area contributed by atoms with Gasteiger partial charge in [0.2, 0.25) is 0 Å². The average molecular weight is 1010 g/mol. The molecule has 5 unspecified atom stereocenters. The Morgan fingerprint density at radius 3 is 1.41 bits per heavy atom. The number of hydrogen-bond acceptors (Lipinski definition) is 15. The van der Waals surface area contributed by atoms with Crippen molar-refractivity contribution in [3.63, 3.8) is 0 Å². The summed E-state index contributed by atoms with van der Waals surface area (Å²) in [4.78, 5) is 25.8. The van der Waals surface area contributed by atoms with Crippen molar-refractivity contribution in [2.24, 2.45) is 0 Å². The van der Waals surface area contributed by atoms with E-state index < -0.39 is 99.3 Å². The average Bonchev–Trinajstić information content (AvgIpc) is 3.36. The standard InChI is InChI=1S/C56H96O15/c1-3-5-7-9-11-13-15-17-18-19-20-21-22-23-24-25-27-28-30-32-34-36-38-47(58)66-41-44(69-48(59)39-37-35-33-31-29-26-16-14-12-10-8-6-4-2)42-67-55-54(65)52(63)50(61)46(71-55)43-68-56-53(64)51(62)49(60)45(40-57)70-56/h11,13,17-18,20-21,26,29,33,35,44-46,49-57,60-65H,3-10,12,14-16,19,22-25,27-28,30-32,34,36-43H2,1-2H3/b13-11+,18-17+,21-20+,29-26+,35-33+/t44?,45-,46-,49+,50+,51?,52?,53?,54?,55-,56-/m1/s1. The molecule has 0 amide bonds. The molecule has 0 radical (unpaired) electrons. The molecule has 2 fully saturated rings. The molecule has 11 atom stereocenters. The number of ether oxygens (including phenoxy) is 6. The zero-order valence-corrected chi connectivity index (χ0v) is 43.4. The number of esters is 2. The molecule has 0 aromatic heterocycles. The van der Waals surface area contributed by atoms with Crippen LogP contribution < -0.4 is 0 Å². The molecule has 2 aliphatic heterocycles. The van der Waals surface area contributed by atoms with Gasteiger partial charge in [0.1, 0.15) is 55.4 Å². The third-order valence-electron chi connectivity index (χ3n) is 12.7. The maximum Gasteiger partial charge on any atom is 0.306 e. The fraction of sp³-hybridized carbons (Fsp3) is 0.786. The lowest BCUT2D eigenvalue weighted by Crippen LogP contribution is -2.61. The highest BCUT2D eigenvalue weighted by molar-refractivity contribution is 5.70. The van der Waals surface area contributed by atoms with Crippen LogP contribution in [0.3, 0.4) is 0 Å². The molecular formula is C56H96O15. The number of hydrogen-bond donors (Lipinski definition) is 7. The number of allylic oxidation sites excluding steroid dienone is 10. The van der Waals surface area contributed by atoms with Crippen LogP contribution in [0, 0.1) is 0 Å². The van der Waals surface area contributed by atoms with Crippen molar-refractivity contribution >= 4 is 11.9 Å². The van der Waals surface area contributed by atoms with Crippen LogP contribution >= 0.6 is 0 Å². The Kier molecular flexibility index (Phi) is 38.5. The number of rotatable bonds is 42. The molecule has 2 saturated heterocycles. The first kappa shape index (κ1) is 64.3. The van der Waals surface area contributed by atoms with E-state index >= 15 is 0 Å². The number of carbonyl (C=O) groups excluding carboxylic acids is 2. The van der Waals surface area contributed by atoms with Crippen molar-refractivity contribution in [1.29, 1.82) is 0 Å². The van der Waals surface area contributed by atoms with Gasteiger partial charge in [0.25, 0.3) is 0 Å². The lowest BCUT2D eigenvalue weighted by Gasteiger charge is -2.42. The Morgan fingerprint density at radius 2 is 0.873 bits per heavy atom. The molecular weight excluding hydrogens is 913 g/mol. The van der Waals surface area contributed by atoms with Crippen LogP contribution in [0.2, 0.25) is 0 Å². The zero-order valence-electron chi connectivity index (χ0n) is 43.4. The summed E-state index contributed by atoms with van der Waals surface area (Å²) < 4.78 is 33.5. The van der Waals surface area contributed by atoms with E-state index in [-0.39, 0.29) is 19.4 Å². The number of unbranched alkanes of at least 4 members (excludes halogenated alkanes) is 18. The van der Waals surface area contributed by atoms with Gasteiger partial charge < -0.3 is 64.2 Å². The number of carbonyl (C=O) groups is 2. The van der Waals surface area contributed by atoms with E-state index in [1.807, 2.05) is 12.2 Å². The van der Waals surface area contributed by atoms with Crippen LogP contribution in [0.5, 0.6) is 0 Å². The van der Waals surface area contributed by atoms with E-state index in [4.69, 9.17) is 28.4 Å². The third kappa shape index (κ3) is 30.2. The molecule has 0 spiro atoms. The number of aliphatic hydroxyl groups is 7. The van der Waals surface area contributed by atoms with Crippen molar-refractivity contribution < 1.29 is 73.8 Å². The van der Waals surface area contributed by atoms with Crippen LogP contribution in [0.1, 0.15) is 187 Å². The predicted molar refractivity (Wildman–Crippen MR) is 275 cm³/mol. The van der Waals surface area contributed by atoms with Gasteiger partial charge in [-0.2, -0.15) is 0 Å². The van der Waals surface area contributed by atoms with Crippen molar-refractivity contribution in [2.75, 3.05) is 26.4 Å². The molecule has 0 aromatic carbocycles. The monoisotopic (exact) mass is 1010 g/mol. The van der Waals surface area contributed by atoms with Crippen LogP contribution in [-0.2, 0) is 38.0 Å². The Morgan fingerprint density at radius 1 is 0.451 bits per heavy atom. The molecule has 15 nitrogen and oxygen atoms in total. The summed E-state index contributed by atoms with van der Waals surface area (Å²) in [6.45, 7) is 2.49. The van der Waals surface area contributed by atoms with Gasteiger partial charge in [0, 0.05) is 12.8 Å². The predicted octanol–water partition coefficient (Wildman–Crippen LogP) is 8.44. The molecule has 2 aliphatic rings. The van der Waals surface area contributed by atoms with Crippen LogP contribution in [0.15, 0.2) is 60.8 Å². The van der Waals surface area contributed by atoms with Gasteiger partial charge in [0.05, 0.1) is 19.8 Å². The minimum atomic E-state index is -1.78. The summed E-state index contributed by atoms with van der Waals surface area (Å²) in [7, 11) is 0. The summed E-state index contributed by atoms with van der Waals surface area (Å²) >= 11 is 0. The van der Waals surface area contributed by atoms with Gasteiger partial charge in [-0.3, -0.25) is 9.59 Å². The Labute approximate surface area is 426 Å². The third-order valence-corrected chi connectivity index (χ3v) is 12.7. The summed E-state index contributed by atoms with van der Waals surface area (Å²) in [5.41, 5.74) is 0. The Balaban J connectivity index is 1.77. The fourth-order valence-electron chi connectivity index (χ4n) is 8.22.